The Labute approximate surface area is 109 Å². The van der Waals surface area contributed by atoms with Gasteiger partial charge in [0.05, 0.1) is 6.61 Å². The van der Waals surface area contributed by atoms with Gasteiger partial charge in [0.25, 0.3) is 0 Å². The van der Waals surface area contributed by atoms with Crippen LogP contribution >= 0.6 is 0 Å². The zero-order valence-corrected chi connectivity index (χ0v) is 11.2. The Kier molecular flexibility index (Phi) is 5.32. The molecule has 0 N–H and O–H groups in total. The molecule has 0 amide bonds. The monoisotopic (exact) mass is 250 g/mol. The predicted octanol–water partition coefficient (Wildman–Crippen LogP) is 3.20. The molecule has 3 heteroatoms. The van der Waals surface area contributed by atoms with Crippen molar-refractivity contribution in [2.24, 2.45) is 5.41 Å². The van der Waals surface area contributed by atoms with E-state index in [2.05, 4.69) is 13.2 Å². The molecule has 0 radical (unpaired) electrons. The van der Waals surface area contributed by atoms with Crippen molar-refractivity contribution >= 4 is 11.8 Å². The van der Waals surface area contributed by atoms with E-state index in [1.807, 2.05) is 0 Å². The van der Waals surface area contributed by atoms with Crippen LogP contribution in [0.2, 0.25) is 0 Å². The minimum atomic E-state index is -0.468. The standard InChI is InChI=1S/C15H22O3/c1-4-9-15(10-7-6-8-13(15)16)11-12(3)14(17)18-5-2/h4H,1,3,5-11H2,2H3. The van der Waals surface area contributed by atoms with E-state index in [0.29, 0.717) is 31.4 Å². The third-order valence-electron chi connectivity index (χ3n) is 3.55. The summed E-state index contributed by atoms with van der Waals surface area (Å²) in [5.41, 5.74) is -0.0712. The van der Waals surface area contributed by atoms with Gasteiger partial charge in [0.2, 0.25) is 0 Å². The molecular weight excluding hydrogens is 228 g/mol. The number of rotatable bonds is 6. The van der Waals surface area contributed by atoms with E-state index in [4.69, 9.17) is 4.74 Å². The van der Waals surface area contributed by atoms with Gasteiger partial charge < -0.3 is 4.74 Å². The van der Waals surface area contributed by atoms with Gasteiger partial charge in [0.15, 0.2) is 0 Å². The molecule has 0 bridgehead atoms. The van der Waals surface area contributed by atoms with Gasteiger partial charge in [-0.3, -0.25) is 4.79 Å². The third-order valence-corrected chi connectivity index (χ3v) is 3.55. The van der Waals surface area contributed by atoms with Gasteiger partial charge in [-0.2, -0.15) is 0 Å². The van der Waals surface area contributed by atoms with Gasteiger partial charge in [-0.1, -0.05) is 19.1 Å². The van der Waals surface area contributed by atoms with Crippen LogP contribution in [0.3, 0.4) is 0 Å². The third kappa shape index (κ3) is 3.31. The van der Waals surface area contributed by atoms with Gasteiger partial charge in [0.1, 0.15) is 5.78 Å². The number of esters is 1. The van der Waals surface area contributed by atoms with Crippen LogP contribution in [0.1, 0.15) is 45.4 Å². The van der Waals surface area contributed by atoms with Crippen molar-refractivity contribution < 1.29 is 14.3 Å². The van der Waals surface area contributed by atoms with Crippen molar-refractivity contribution in [1.82, 2.24) is 0 Å². The van der Waals surface area contributed by atoms with Crippen LogP contribution in [0.5, 0.6) is 0 Å². The van der Waals surface area contributed by atoms with E-state index < -0.39 is 5.41 Å². The number of ketones is 1. The fourth-order valence-electron chi connectivity index (χ4n) is 2.62. The lowest BCUT2D eigenvalue weighted by atomic mass is 9.67. The van der Waals surface area contributed by atoms with E-state index in [-0.39, 0.29) is 11.8 Å². The van der Waals surface area contributed by atoms with Gasteiger partial charge >= 0.3 is 5.97 Å². The summed E-state index contributed by atoms with van der Waals surface area (Å²) in [4.78, 5) is 23.8. The molecule has 0 aliphatic heterocycles. The zero-order chi connectivity index (χ0) is 13.6. The van der Waals surface area contributed by atoms with Crippen molar-refractivity contribution in [3.63, 3.8) is 0 Å². The minimum absolute atomic E-state index is 0.235. The van der Waals surface area contributed by atoms with Gasteiger partial charge in [0, 0.05) is 17.4 Å². The number of ether oxygens (including phenoxy) is 1. The van der Waals surface area contributed by atoms with Crippen molar-refractivity contribution in [2.75, 3.05) is 6.61 Å². The maximum atomic E-state index is 12.2. The zero-order valence-electron chi connectivity index (χ0n) is 11.2. The summed E-state index contributed by atoms with van der Waals surface area (Å²) >= 11 is 0. The topological polar surface area (TPSA) is 43.4 Å². The summed E-state index contributed by atoms with van der Waals surface area (Å²) in [5.74, 6) is -0.154. The summed E-state index contributed by atoms with van der Waals surface area (Å²) < 4.78 is 4.93. The summed E-state index contributed by atoms with van der Waals surface area (Å²) in [6, 6.07) is 0. The van der Waals surface area contributed by atoms with Crippen LogP contribution in [0.25, 0.3) is 0 Å². The molecule has 1 saturated carbocycles. The molecule has 3 nitrogen and oxygen atoms in total. The summed E-state index contributed by atoms with van der Waals surface area (Å²) in [5, 5.41) is 0. The smallest absolute Gasteiger partial charge is 0.333 e. The molecule has 1 unspecified atom stereocenters. The van der Waals surface area contributed by atoms with Crippen LogP contribution in [0.15, 0.2) is 24.8 Å². The minimum Gasteiger partial charge on any atom is -0.463 e. The maximum absolute atomic E-state index is 12.2. The number of carbonyl (C=O) groups excluding carboxylic acids is 2. The first-order chi connectivity index (χ1) is 8.55. The fourth-order valence-corrected chi connectivity index (χ4v) is 2.62. The summed E-state index contributed by atoms with van der Waals surface area (Å²) in [6.07, 6.45) is 6.17. The van der Waals surface area contributed by atoms with E-state index in [1.54, 1.807) is 13.0 Å². The Morgan fingerprint density at radius 1 is 1.50 bits per heavy atom. The normalized spacial score (nSPS) is 23.5. The summed E-state index contributed by atoms with van der Waals surface area (Å²) in [6.45, 7) is 9.59. The molecule has 1 aliphatic rings. The van der Waals surface area contributed by atoms with E-state index >= 15 is 0 Å². The van der Waals surface area contributed by atoms with Gasteiger partial charge in [-0.05, 0) is 32.6 Å². The highest BCUT2D eigenvalue weighted by Crippen LogP contribution is 2.41. The van der Waals surface area contributed by atoms with E-state index in [1.165, 1.54) is 0 Å². The Morgan fingerprint density at radius 2 is 2.22 bits per heavy atom. The van der Waals surface area contributed by atoms with Crippen molar-refractivity contribution in [1.29, 1.82) is 0 Å². The van der Waals surface area contributed by atoms with Crippen LogP contribution in [0, 0.1) is 5.41 Å². The molecule has 1 aliphatic carbocycles. The molecular formula is C15H22O3. The van der Waals surface area contributed by atoms with Crippen molar-refractivity contribution in [2.45, 2.75) is 45.4 Å². The SMILES string of the molecule is C=CCC1(CC(=C)C(=O)OCC)CCCCC1=O. The molecule has 1 atom stereocenters. The van der Waals surface area contributed by atoms with Crippen LogP contribution < -0.4 is 0 Å². The second kappa shape index (κ2) is 6.53. The molecule has 18 heavy (non-hydrogen) atoms. The van der Waals surface area contributed by atoms with Crippen molar-refractivity contribution in [3.05, 3.63) is 24.8 Å². The molecule has 0 aromatic carbocycles. The molecule has 1 fully saturated rings. The highest BCUT2D eigenvalue weighted by molar-refractivity contribution is 5.91. The average molecular weight is 250 g/mol. The van der Waals surface area contributed by atoms with Crippen LogP contribution in [-0.4, -0.2) is 18.4 Å². The predicted molar refractivity (Wildman–Crippen MR) is 71.1 cm³/mol. The Morgan fingerprint density at radius 3 is 2.78 bits per heavy atom. The summed E-state index contributed by atoms with van der Waals surface area (Å²) in [7, 11) is 0. The number of hydrogen-bond donors (Lipinski definition) is 0. The lowest BCUT2D eigenvalue weighted by molar-refractivity contribution is -0.139. The van der Waals surface area contributed by atoms with Crippen molar-refractivity contribution in [3.8, 4) is 0 Å². The highest BCUT2D eigenvalue weighted by atomic mass is 16.5. The number of allylic oxidation sites excluding steroid dienone is 1. The van der Waals surface area contributed by atoms with E-state index in [0.717, 1.165) is 19.3 Å². The Bertz CT molecular complexity index is 357. The van der Waals surface area contributed by atoms with E-state index in [9.17, 15) is 9.59 Å². The maximum Gasteiger partial charge on any atom is 0.333 e. The van der Waals surface area contributed by atoms with Gasteiger partial charge in [-0.15, -0.1) is 6.58 Å². The first-order valence-electron chi connectivity index (χ1n) is 6.55. The highest BCUT2D eigenvalue weighted by Gasteiger charge is 2.39. The quantitative estimate of drug-likeness (QED) is 0.413. The second-order valence-electron chi connectivity index (χ2n) is 4.90. The first-order valence-corrected chi connectivity index (χ1v) is 6.55. The largest absolute Gasteiger partial charge is 0.463 e. The molecule has 100 valence electrons. The molecule has 1 rings (SSSR count). The van der Waals surface area contributed by atoms with Gasteiger partial charge in [-0.25, -0.2) is 4.79 Å². The molecule has 0 aromatic heterocycles. The second-order valence-corrected chi connectivity index (χ2v) is 4.90. The van der Waals surface area contributed by atoms with Crippen LogP contribution in [-0.2, 0) is 14.3 Å². The molecule has 0 spiro atoms. The first kappa shape index (κ1) is 14.7. The molecule has 0 saturated heterocycles. The number of Topliss-reactive ketones (excluding diaryl/α,β-unsaturated/α-hetero) is 1. The molecule has 0 heterocycles. The Hall–Kier alpha value is -1.38. The number of carbonyl (C=O) groups is 2. The molecule has 0 aromatic rings. The lowest BCUT2D eigenvalue weighted by Gasteiger charge is -2.35. The lowest BCUT2D eigenvalue weighted by Crippen LogP contribution is -2.35. The van der Waals surface area contributed by atoms with Crippen LogP contribution in [0.4, 0.5) is 0 Å². The number of hydrogen-bond acceptors (Lipinski definition) is 3. The average Bonchev–Trinajstić information content (AvgIpc) is 2.33. The Balaban J connectivity index is 2.79. The fraction of sp³-hybridized carbons (Fsp3) is 0.600.